The fourth-order valence-corrected chi connectivity index (χ4v) is 3.94. The van der Waals surface area contributed by atoms with Crippen LogP contribution in [-0.4, -0.2) is 0 Å². The number of benzene rings is 2. The van der Waals surface area contributed by atoms with Gasteiger partial charge in [0, 0.05) is 0 Å². The second kappa shape index (κ2) is 8.42. The Morgan fingerprint density at radius 1 is 1.00 bits per heavy atom. The number of rotatable bonds is 3. The van der Waals surface area contributed by atoms with Crippen LogP contribution in [0.15, 0.2) is 53.6 Å². The largest absolute Gasteiger partial charge is 1.00 e. The van der Waals surface area contributed by atoms with Gasteiger partial charge in [-0.2, -0.15) is 0 Å². The molecule has 0 saturated heterocycles. The summed E-state index contributed by atoms with van der Waals surface area (Å²) in [5.74, 6) is 0.447. The zero-order valence-electron chi connectivity index (χ0n) is 15.3. The Hall–Kier alpha value is -0.566. The van der Waals surface area contributed by atoms with Gasteiger partial charge in [-0.25, -0.2) is 0 Å². The standard InChI is InChI=1S/C21H23O.2ClH.Ti/c1-13-12-14(2)19(15(13)3)18-11-10-16-8-6-7-9-17(16)20(18)21(4,5)22;;;/h6-12,14H,1-5H3;2*1H;/q-1;;;+3/p-2. The first kappa shape index (κ1) is 22.5. The molecule has 0 aromatic heterocycles. The Bertz CT molecular complexity index is 837. The maximum Gasteiger partial charge on any atom is -1.00 e. The van der Waals surface area contributed by atoms with Gasteiger partial charge in [-0.1, -0.05) is 0 Å². The van der Waals surface area contributed by atoms with Gasteiger partial charge < -0.3 is 24.8 Å². The van der Waals surface area contributed by atoms with Crippen LogP contribution in [0.3, 0.4) is 0 Å². The van der Waals surface area contributed by atoms with E-state index in [9.17, 15) is 0 Å². The molecule has 3 rings (SSSR count). The summed E-state index contributed by atoms with van der Waals surface area (Å²) in [6, 6.07) is 13.1. The molecule has 4 heteroatoms. The molecule has 0 heterocycles. The summed E-state index contributed by atoms with van der Waals surface area (Å²) in [6.07, 6.45) is 2.36. The first-order valence-electron chi connectivity index (χ1n) is 8.13. The Labute approximate surface area is 175 Å². The zero-order valence-corrected chi connectivity index (χ0v) is 18.4. The van der Waals surface area contributed by atoms with Gasteiger partial charge >= 0.3 is 151 Å². The van der Waals surface area contributed by atoms with Crippen LogP contribution < -0.4 is 24.8 Å². The molecule has 0 fully saturated rings. The minimum atomic E-state index is -0.334. The summed E-state index contributed by atoms with van der Waals surface area (Å²) in [5, 5.41) is 2.55. The minimum Gasteiger partial charge on any atom is -1.00 e. The molecule has 131 valence electrons. The van der Waals surface area contributed by atoms with Gasteiger partial charge in [0.2, 0.25) is 0 Å². The van der Waals surface area contributed by atoms with Gasteiger partial charge in [-0.3, -0.25) is 0 Å². The van der Waals surface area contributed by atoms with E-state index in [0.29, 0.717) is 5.92 Å². The first-order chi connectivity index (χ1) is 10.9. The van der Waals surface area contributed by atoms with E-state index in [2.05, 4.69) is 77.1 Å². The normalized spacial score (nSPS) is 17.2. The van der Waals surface area contributed by atoms with E-state index in [4.69, 9.17) is 3.32 Å². The molecule has 2 aromatic carbocycles. The van der Waals surface area contributed by atoms with Crippen LogP contribution in [0, 0.1) is 5.92 Å². The predicted octanol–water partition coefficient (Wildman–Crippen LogP) is -0.0692. The Kier molecular flexibility index (Phi) is 7.57. The molecule has 25 heavy (non-hydrogen) atoms. The SMILES string of the molecule is CC1=CC(C)C(c2ccc3ccccc3c2C(C)(C)[O][Ti+2])=C1C.[Cl-].[Cl-]. The molecule has 0 spiro atoms. The van der Waals surface area contributed by atoms with Crippen LogP contribution in [0.1, 0.15) is 45.7 Å². The van der Waals surface area contributed by atoms with E-state index >= 15 is 0 Å². The van der Waals surface area contributed by atoms with E-state index in [0.717, 1.165) is 0 Å². The molecule has 1 unspecified atom stereocenters. The van der Waals surface area contributed by atoms with Gasteiger partial charge in [-0.05, 0) is 0 Å². The third-order valence-corrected chi connectivity index (χ3v) is 5.82. The van der Waals surface area contributed by atoms with Gasteiger partial charge in [0.15, 0.2) is 0 Å². The number of hydrogen-bond acceptors (Lipinski definition) is 1. The Balaban J connectivity index is 0.00000156. The second-order valence-electron chi connectivity index (χ2n) is 7.00. The summed E-state index contributed by atoms with van der Waals surface area (Å²) in [4.78, 5) is 0. The fourth-order valence-electron chi connectivity index (χ4n) is 3.78. The van der Waals surface area contributed by atoms with Crippen molar-refractivity contribution in [1.82, 2.24) is 0 Å². The van der Waals surface area contributed by atoms with Gasteiger partial charge in [0.25, 0.3) is 0 Å². The quantitative estimate of drug-likeness (QED) is 0.645. The maximum absolute atomic E-state index is 5.89. The van der Waals surface area contributed by atoms with Gasteiger partial charge in [0.1, 0.15) is 0 Å². The van der Waals surface area contributed by atoms with Crippen LogP contribution in [0.2, 0.25) is 0 Å². The van der Waals surface area contributed by atoms with Crippen molar-refractivity contribution in [3.63, 3.8) is 0 Å². The van der Waals surface area contributed by atoms with Crippen LogP contribution in [0.5, 0.6) is 0 Å². The summed E-state index contributed by atoms with van der Waals surface area (Å²) >= 11 is 1.80. The topological polar surface area (TPSA) is 9.23 Å². The summed E-state index contributed by atoms with van der Waals surface area (Å²) in [5.41, 5.74) is 6.52. The molecule has 1 aliphatic carbocycles. The molecule has 0 N–H and O–H groups in total. The van der Waals surface area contributed by atoms with E-state index in [1.165, 1.54) is 38.6 Å². The minimum absolute atomic E-state index is 0. The number of allylic oxidation sites excluding steroid dienone is 4. The molecule has 0 aliphatic heterocycles. The van der Waals surface area contributed by atoms with Crippen molar-refractivity contribution in [3.05, 3.63) is 64.7 Å². The van der Waals surface area contributed by atoms with Crippen molar-refractivity contribution < 1.29 is 49.0 Å². The fraction of sp³-hybridized carbons (Fsp3) is 0.333. The van der Waals surface area contributed by atoms with Gasteiger partial charge in [0.05, 0.1) is 0 Å². The van der Waals surface area contributed by atoms with E-state index in [1.54, 1.807) is 20.8 Å². The van der Waals surface area contributed by atoms with E-state index in [1.807, 2.05) is 0 Å². The molecule has 1 nitrogen and oxygen atoms in total. The molecular weight excluding hydrogens is 387 g/mol. The monoisotopic (exact) mass is 409 g/mol. The molecule has 0 saturated carbocycles. The second-order valence-corrected chi connectivity index (χ2v) is 7.32. The van der Waals surface area contributed by atoms with Crippen LogP contribution >= 0.6 is 0 Å². The molecule has 1 atom stereocenters. The van der Waals surface area contributed by atoms with Crippen molar-refractivity contribution in [2.24, 2.45) is 5.92 Å². The van der Waals surface area contributed by atoms with Crippen LogP contribution in [0.4, 0.5) is 0 Å². The first-order valence-corrected chi connectivity index (χ1v) is 8.77. The van der Waals surface area contributed by atoms with Crippen LogP contribution in [0.25, 0.3) is 16.3 Å². The van der Waals surface area contributed by atoms with Crippen molar-refractivity contribution >= 4 is 16.3 Å². The summed E-state index contributed by atoms with van der Waals surface area (Å²) < 4.78 is 5.89. The molecule has 2 aromatic rings. The average molecular weight is 410 g/mol. The smallest absolute Gasteiger partial charge is 1.00 e. The van der Waals surface area contributed by atoms with Crippen LogP contribution in [-0.2, 0) is 29.7 Å². The van der Waals surface area contributed by atoms with Gasteiger partial charge in [-0.15, -0.1) is 0 Å². The predicted molar refractivity (Wildman–Crippen MR) is 93.6 cm³/mol. The average Bonchev–Trinajstić information content (AvgIpc) is 2.79. The number of halogens is 2. The number of fused-ring (bicyclic) bond motifs is 1. The zero-order chi connectivity index (χ0) is 16.8. The molecule has 0 radical (unpaired) electrons. The Morgan fingerprint density at radius 3 is 2.20 bits per heavy atom. The third-order valence-electron chi connectivity index (χ3n) is 5.03. The van der Waals surface area contributed by atoms with Crippen molar-refractivity contribution in [2.75, 3.05) is 0 Å². The van der Waals surface area contributed by atoms with Crippen molar-refractivity contribution in [1.29, 1.82) is 0 Å². The summed E-state index contributed by atoms with van der Waals surface area (Å²) in [7, 11) is 0. The van der Waals surface area contributed by atoms with E-state index < -0.39 is 0 Å². The van der Waals surface area contributed by atoms with Crippen molar-refractivity contribution in [2.45, 2.75) is 40.2 Å². The number of hydrogen-bond donors (Lipinski definition) is 0. The Morgan fingerprint density at radius 2 is 1.64 bits per heavy atom. The molecule has 0 bridgehead atoms. The van der Waals surface area contributed by atoms with E-state index in [-0.39, 0.29) is 30.4 Å². The molecule has 0 amide bonds. The molecular formula is C21H23Cl2OTi. The third kappa shape index (κ3) is 3.92. The summed E-state index contributed by atoms with van der Waals surface area (Å²) in [6.45, 7) is 11.1. The molecule has 1 aliphatic rings. The maximum atomic E-state index is 5.89. The van der Waals surface area contributed by atoms with Crippen molar-refractivity contribution in [3.8, 4) is 0 Å².